The number of halogens is 3. The molecule has 0 saturated carbocycles. The number of amides is 2. The zero-order valence-corrected chi connectivity index (χ0v) is 23.4. The van der Waals surface area contributed by atoms with Crippen LogP contribution in [0, 0.1) is 5.92 Å². The fourth-order valence-electron chi connectivity index (χ4n) is 4.65. The largest absolute Gasteiger partial charge is 0.573 e. The highest BCUT2D eigenvalue weighted by Gasteiger charge is 2.31. The minimum absolute atomic E-state index is 0.328. The number of nitrogens with zero attached hydrogens (tertiary/aromatic N) is 1. The number of carbonyl (C=O) groups excluding carboxylic acids is 2. The third kappa shape index (κ3) is 10.1. The summed E-state index contributed by atoms with van der Waals surface area (Å²) in [4.78, 5) is 29.7. The molecule has 43 heavy (non-hydrogen) atoms. The second kappa shape index (κ2) is 15.1. The van der Waals surface area contributed by atoms with Gasteiger partial charge in [0.2, 0.25) is 11.8 Å². The van der Waals surface area contributed by atoms with Crippen molar-refractivity contribution >= 4 is 41.7 Å². The number of rotatable bonds is 12. The minimum atomic E-state index is -4.80. The first-order valence-electron chi connectivity index (χ1n) is 13.8. The number of anilines is 2. The van der Waals surface area contributed by atoms with E-state index in [-0.39, 0.29) is 17.6 Å². The molecule has 0 aromatic heterocycles. The molecule has 2 amide bonds. The third-order valence-corrected chi connectivity index (χ3v) is 6.89. The highest BCUT2D eigenvalue weighted by atomic mass is 19.4. The first-order valence-corrected chi connectivity index (χ1v) is 13.8. The highest BCUT2D eigenvalue weighted by Crippen LogP contribution is 2.26. The van der Waals surface area contributed by atoms with Gasteiger partial charge in [0.15, 0.2) is 0 Å². The van der Waals surface area contributed by atoms with Crippen LogP contribution in [0.1, 0.15) is 36.4 Å². The lowest BCUT2D eigenvalue weighted by molar-refractivity contribution is -0.274. The second-order valence-electron chi connectivity index (χ2n) is 9.96. The summed E-state index contributed by atoms with van der Waals surface area (Å²) < 4.78 is 46.8. The molecule has 4 rings (SSSR count). The van der Waals surface area contributed by atoms with E-state index in [1.807, 2.05) is 0 Å². The van der Waals surface area contributed by atoms with Crippen molar-refractivity contribution in [2.75, 3.05) is 30.4 Å². The van der Waals surface area contributed by atoms with Crippen LogP contribution in [-0.2, 0) is 14.3 Å². The van der Waals surface area contributed by atoms with Crippen LogP contribution in [0.5, 0.6) is 5.75 Å². The molecule has 3 aromatic rings. The molecule has 0 radical (unpaired) electrons. The summed E-state index contributed by atoms with van der Waals surface area (Å²) in [5, 5.41) is 8.87. The molecule has 1 fully saturated rings. The van der Waals surface area contributed by atoms with E-state index >= 15 is 0 Å². The van der Waals surface area contributed by atoms with Crippen molar-refractivity contribution in [1.82, 2.24) is 5.32 Å². The molecule has 1 saturated heterocycles. The number of nitrogens with one attached hydrogen (secondary N) is 3. The van der Waals surface area contributed by atoms with Crippen LogP contribution in [0.3, 0.4) is 0 Å². The van der Waals surface area contributed by atoms with Gasteiger partial charge in [0.05, 0.1) is 11.4 Å². The summed E-state index contributed by atoms with van der Waals surface area (Å²) in [5.41, 5.74) is 2.87. The van der Waals surface area contributed by atoms with Gasteiger partial charge in [-0.05, 0) is 92.0 Å². The number of hydrogen-bond donors (Lipinski definition) is 3. The Morgan fingerprint density at radius 2 is 1.70 bits per heavy atom. The van der Waals surface area contributed by atoms with Crippen molar-refractivity contribution in [3.63, 3.8) is 0 Å². The Kier molecular flexibility index (Phi) is 11.1. The van der Waals surface area contributed by atoms with E-state index in [9.17, 15) is 22.8 Å². The zero-order chi connectivity index (χ0) is 30.7. The molecule has 0 spiro atoms. The number of ether oxygens (including phenoxy) is 2. The summed E-state index contributed by atoms with van der Waals surface area (Å²) in [6.07, 6.45) is 1.06. The lowest BCUT2D eigenvalue weighted by Crippen LogP contribution is -2.34. The number of benzene rings is 3. The quantitative estimate of drug-likeness (QED) is 0.161. The minimum Gasteiger partial charge on any atom is -0.406 e. The number of carbonyl (C=O) groups is 2. The van der Waals surface area contributed by atoms with Crippen molar-refractivity contribution in [1.29, 1.82) is 0 Å². The molecule has 226 valence electrons. The van der Waals surface area contributed by atoms with Gasteiger partial charge < -0.3 is 25.4 Å². The molecular weight excluding hydrogens is 561 g/mol. The molecule has 1 heterocycles. The second-order valence-corrected chi connectivity index (χ2v) is 9.96. The van der Waals surface area contributed by atoms with Crippen molar-refractivity contribution in [2.45, 2.75) is 31.7 Å². The van der Waals surface area contributed by atoms with Gasteiger partial charge in [-0.3, -0.25) is 14.6 Å². The summed E-state index contributed by atoms with van der Waals surface area (Å²) in [7, 11) is 0. The van der Waals surface area contributed by atoms with E-state index in [0.717, 1.165) is 50.2 Å². The van der Waals surface area contributed by atoms with Crippen molar-refractivity contribution in [2.24, 2.45) is 10.9 Å². The lowest BCUT2D eigenvalue weighted by atomic mass is 9.96. The predicted molar refractivity (Wildman–Crippen MR) is 160 cm³/mol. The maximum absolute atomic E-state index is 13.4. The third-order valence-electron chi connectivity index (χ3n) is 6.89. The average molecular weight is 595 g/mol. The monoisotopic (exact) mass is 594 g/mol. The van der Waals surface area contributed by atoms with Crippen LogP contribution in [0.15, 0.2) is 83.9 Å². The van der Waals surface area contributed by atoms with Crippen LogP contribution in [0.4, 0.5) is 30.2 Å². The number of alkyl halides is 3. The number of para-hydroxylation sites is 2. The van der Waals surface area contributed by atoms with Crippen LogP contribution in [-0.4, -0.2) is 44.7 Å². The molecule has 3 aromatic carbocycles. The first kappa shape index (κ1) is 31.5. The molecule has 1 aliphatic rings. The fraction of sp³-hybridized carbons (Fsp3) is 0.281. The topological polar surface area (TPSA) is 101 Å². The van der Waals surface area contributed by atoms with Crippen LogP contribution >= 0.6 is 0 Å². The van der Waals surface area contributed by atoms with Gasteiger partial charge in [-0.15, -0.1) is 13.2 Å². The number of aliphatic imine (C=N–C) groups is 1. The lowest BCUT2D eigenvalue weighted by Gasteiger charge is -2.24. The average Bonchev–Trinajstić information content (AvgIpc) is 3.00. The van der Waals surface area contributed by atoms with E-state index < -0.39 is 12.4 Å². The molecule has 0 bridgehead atoms. The summed E-state index contributed by atoms with van der Waals surface area (Å²) >= 11 is 0. The first-order chi connectivity index (χ1) is 20.7. The van der Waals surface area contributed by atoms with Gasteiger partial charge in [-0.25, -0.2) is 0 Å². The molecular formula is C32H33F3N4O4. The van der Waals surface area contributed by atoms with Crippen LogP contribution in [0.25, 0.3) is 6.08 Å². The van der Waals surface area contributed by atoms with Gasteiger partial charge >= 0.3 is 6.36 Å². The van der Waals surface area contributed by atoms with E-state index in [2.05, 4.69) is 32.4 Å². The Hall–Kier alpha value is -4.48. The Morgan fingerprint density at radius 3 is 2.37 bits per heavy atom. The van der Waals surface area contributed by atoms with Crippen molar-refractivity contribution in [3.05, 3.63) is 90.0 Å². The Labute approximate surface area is 248 Å². The van der Waals surface area contributed by atoms with E-state index in [1.54, 1.807) is 54.6 Å². The summed E-state index contributed by atoms with van der Waals surface area (Å²) in [6, 6.07) is 18.5. The summed E-state index contributed by atoms with van der Waals surface area (Å²) in [6.45, 7) is 5.55. The zero-order valence-electron chi connectivity index (χ0n) is 23.4. The smallest absolute Gasteiger partial charge is 0.406 e. The van der Waals surface area contributed by atoms with Crippen molar-refractivity contribution in [3.8, 4) is 5.75 Å². The molecule has 1 aliphatic heterocycles. The standard InChI is InChI=1S/C32H33F3N4O4/c1-36-27-4-2-3-5-28(27)39-29(40)15-8-22-6-9-24(10-7-22)30(37-19-16-23-17-20-42-21-18-23)31(41)38-25-11-13-26(14-12-25)43-32(33,34)35/h2-15,23,30,37H,1,16-21H2,(H,38,41)(H,39,40)/b15-8+. The molecule has 0 aliphatic carbocycles. The molecule has 1 atom stereocenters. The maximum atomic E-state index is 13.4. The van der Waals surface area contributed by atoms with E-state index in [1.165, 1.54) is 18.2 Å². The Morgan fingerprint density at radius 1 is 1.00 bits per heavy atom. The van der Waals surface area contributed by atoms with E-state index in [4.69, 9.17) is 4.74 Å². The maximum Gasteiger partial charge on any atom is 0.573 e. The van der Waals surface area contributed by atoms with Gasteiger partial charge in [-0.2, -0.15) is 0 Å². The van der Waals surface area contributed by atoms with Crippen LogP contribution in [0.2, 0.25) is 0 Å². The van der Waals surface area contributed by atoms with Crippen molar-refractivity contribution < 1.29 is 32.2 Å². The Balaban J connectivity index is 1.42. The van der Waals surface area contributed by atoms with Gasteiger partial charge in [-0.1, -0.05) is 36.4 Å². The van der Waals surface area contributed by atoms with Gasteiger partial charge in [0.1, 0.15) is 11.8 Å². The Bertz CT molecular complexity index is 1400. The van der Waals surface area contributed by atoms with Crippen LogP contribution < -0.4 is 20.7 Å². The fourth-order valence-corrected chi connectivity index (χ4v) is 4.65. The van der Waals surface area contributed by atoms with Gasteiger partial charge in [0, 0.05) is 25.0 Å². The molecule has 8 nitrogen and oxygen atoms in total. The molecule has 11 heteroatoms. The van der Waals surface area contributed by atoms with Gasteiger partial charge in [0.25, 0.3) is 0 Å². The number of hydrogen-bond acceptors (Lipinski definition) is 6. The highest BCUT2D eigenvalue weighted by molar-refractivity contribution is 6.03. The molecule has 3 N–H and O–H groups in total. The predicted octanol–water partition coefficient (Wildman–Crippen LogP) is 6.66. The molecule has 1 unspecified atom stereocenters. The summed E-state index contributed by atoms with van der Waals surface area (Å²) in [5.74, 6) is -0.581. The SMILES string of the molecule is C=Nc1ccccc1NC(=O)/C=C/c1ccc(C(NCCC2CCOCC2)C(=O)Nc2ccc(OC(F)(F)F)cc2)cc1. The van der Waals surface area contributed by atoms with E-state index in [0.29, 0.717) is 35.1 Å². The normalized spacial score (nSPS) is 14.7.